The van der Waals surface area contributed by atoms with E-state index in [0.29, 0.717) is 42.2 Å². The maximum atomic E-state index is 14.1. The minimum Gasteiger partial charge on any atom is -0.498 e. The summed E-state index contributed by atoms with van der Waals surface area (Å²) in [6.07, 6.45) is 0.0858. The number of fused-ring (bicyclic) bond motifs is 1. The Morgan fingerprint density at radius 1 is 1.20 bits per heavy atom. The van der Waals surface area contributed by atoms with Crippen LogP contribution in [-0.4, -0.2) is 26.0 Å². The normalized spacial score (nSPS) is 17.3. The van der Waals surface area contributed by atoms with Crippen LogP contribution in [-0.2, 0) is 17.3 Å². The van der Waals surface area contributed by atoms with Gasteiger partial charge in [0.2, 0.25) is 0 Å². The summed E-state index contributed by atoms with van der Waals surface area (Å²) in [5.41, 5.74) is 0.821. The van der Waals surface area contributed by atoms with Crippen LogP contribution in [0.15, 0.2) is 48.4 Å². The number of benzene rings is 2. The minimum absolute atomic E-state index is 0.189. The Balaban J connectivity index is 1.72. The summed E-state index contributed by atoms with van der Waals surface area (Å²) in [6.45, 7) is 1.09. The van der Waals surface area contributed by atoms with Crippen molar-refractivity contribution >= 4 is 17.5 Å². The van der Waals surface area contributed by atoms with Gasteiger partial charge in [-0.15, -0.1) is 0 Å². The number of hydrogen-bond donors (Lipinski definition) is 0. The van der Waals surface area contributed by atoms with E-state index in [1.807, 2.05) is 11.0 Å². The molecule has 0 bridgehead atoms. The number of rotatable bonds is 3. The summed E-state index contributed by atoms with van der Waals surface area (Å²) >= 11 is 0. The molecule has 0 saturated carbocycles. The fourth-order valence-corrected chi connectivity index (χ4v) is 3.56. The first kappa shape index (κ1) is 20.0. The molecule has 0 aromatic heterocycles. The van der Waals surface area contributed by atoms with Crippen LogP contribution in [0.4, 0.5) is 23.2 Å². The molecule has 8 heteroatoms. The summed E-state index contributed by atoms with van der Waals surface area (Å²) in [6, 6.07) is 5.57. The van der Waals surface area contributed by atoms with E-state index in [-0.39, 0.29) is 23.3 Å². The lowest BCUT2D eigenvalue weighted by atomic mass is 10.0. The van der Waals surface area contributed by atoms with Gasteiger partial charge < -0.3 is 14.4 Å². The van der Waals surface area contributed by atoms with Gasteiger partial charge in [0.25, 0.3) is 0 Å². The Kier molecular flexibility index (Phi) is 5.01. The van der Waals surface area contributed by atoms with Crippen molar-refractivity contribution in [3.8, 4) is 5.75 Å². The Morgan fingerprint density at radius 2 is 2.00 bits per heavy atom. The molecule has 0 radical (unpaired) electrons. The lowest BCUT2D eigenvalue weighted by molar-refractivity contribution is -0.137. The molecule has 1 aliphatic heterocycles. The molecular formula is C22H17F4NO3. The van der Waals surface area contributed by atoms with Crippen molar-refractivity contribution in [1.82, 2.24) is 0 Å². The topological polar surface area (TPSA) is 38.8 Å². The molecular weight excluding hydrogens is 402 g/mol. The second-order valence-corrected chi connectivity index (χ2v) is 6.94. The third kappa shape index (κ3) is 3.65. The highest BCUT2D eigenvalue weighted by Gasteiger charge is 2.32. The SMILES string of the molecule is COc1cc2c(cc1N1C=COCC1)C/C(=C\c1cc(C(F)(F)F)ccc1F)C2=O. The predicted octanol–water partition coefficient (Wildman–Crippen LogP) is 4.98. The summed E-state index contributed by atoms with van der Waals surface area (Å²) in [5, 5.41) is 0. The van der Waals surface area contributed by atoms with E-state index in [1.165, 1.54) is 13.2 Å². The minimum atomic E-state index is -4.60. The fourth-order valence-electron chi connectivity index (χ4n) is 3.56. The molecule has 0 unspecified atom stereocenters. The zero-order valence-corrected chi connectivity index (χ0v) is 15.9. The molecule has 0 saturated heterocycles. The van der Waals surface area contributed by atoms with E-state index in [9.17, 15) is 22.4 Å². The second-order valence-electron chi connectivity index (χ2n) is 6.94. The van der Waals surface area contributed by atoms with Crippen LogP contribution in [0.2, 0.25) is 0 Å². The molecule has 156 valence electrons. The van der Waals surface area contributed by atoms with Crippen molar-refractivity contribution in [3.05, 3.63) is 76.4 Å². The molecule has 4 nitrogen and oxygen atoms in total. The molecule has 30 heavy (non-hydrogen) atoms. The average molecular weight is 419 g/mol. The van der Waals surface area contributed by atoms with Gasteiger partial charge in [-0.2, -0.15) is 13.2 Å². The van der Waals surface area contributed by atoms with Crippen LogP contribution < -0.4 is 9.64 Å². The van der Waals surface area contributed by atoms with E-state index < -0.39 is 17.6 Å². The van der Waals surface area contributed by atoms with Crippen LogP contribution in [0.5, 0.6) is 5.75 Å². The number of alkyl halides is 3. The van der Waals surface area contributed by atoms with Crippen molar-refractivity contribution in [2.75, 3.05) is 25.2 Å². The van der Waals surface area contributed by atoms with Gasteiger partial charge in [0, 0.05) is 29.3 Å². The lowest BCUT2D eigenvalue weighted by Gasteiger charge is -2.25. The standard InChI is InChI=1S/C22H17F4NO3/c1-29-20-12-17-13(11-19(20)27-4-6-30-7-5-27)8-15(21(17)28)9-14-10-16(22(24,25)26)2-3-18(14)23/h2-4,6,9-12H,5,7-8H2,1H3/b15-9+. The van der Waals surface area contributed by atoms with Crippen molar-refractivity contribution in [1.29, 1.82) is 0 Å². The molecule has 2 aromatic carbocycles. The number of carbonyl (C=O) groups excluding carboxylic acids is 1. The number of allylic oxidation sites excluding steroid dienone is 1. The number of hydrogen-bond acceptors (Lipinski definition) is 4. The van der Waals surface area contributed by atoms with E-state index in [2.05, 4.69) is 0 Å². The van der Waals surface area contributed by atoms with Crippen LogP contribution in [0.25, 0.3) is 6.08 Å². The average Bonchev–Trinajstić information content (AvgIpc) is 3.03. The Labute approximate surface area is 170 Å². The number of nitrogens with zero attached hydrogens (tertiary/aromatic N) is 1. The number of ether oxygens (including phenoxy) is 2. The fraction of sp³-hybridized carbons (Fsp3) is 0.227. The van der Waals surface area contributed by atoms with Crippen molar-refractivity contribution in [3.63, 3.8) is 0 Å². The quantitative estimate of drug-likeness (QED) is 0.520. The van der Waals surface area contributed by atoms with E-state index in [1.54, 1.807) is 18.5 Å². The predicted molar refractivity (Wildman–Crippen MR) is 103 cm³/mol. The van der Waals surface area contributed by atoms with E-state index >= 15 is 0 Å². The van der Waals surface area contributed by atoms with Gasteiger partial charge in [-0.05, 0) is 42.0 Å². The second kappa shape index (κ2) is 7.51. The lowest BCUT2D eigenvalue weighted by Crippen LogP contribution is -2.25. The van der Waals surface area contributed by atoms with Gasteiger partial charge in [0.1, 0.15) is 18.2 Å². The molecule has 2 aliphatic rings. The smallest absolute Gasteiger partial charge is 0.416 e. The van der Waals surface area contributed by atoms with Gasteiger partial charge in [-0.25, -0.2) is 4.39 Å². The molecule has 4 rings (SSSR count). The number of halogens is 4. The van der Waals surface area contributed by atoms with Crippen molar-refractivity contribution in [2.45, 2.75) is 12.6 Å². The van der Waals surface area contributed by atoms with Gasteiger partial charge >= 0.3 is 6.18 Å². The maximum Gasteiger partial charge on any atom is 0.416 e. The molecule has 0 atom stereocenters. The molecule has 0 spiro atoms. The van der Waals surface area contributed by atoms with Crippen molar-refractivity contribution in [2.24, 2.45) is 0 Å². The number of methoxy groups -OCH3 is 1. The Hall–Kier alpha value is -3.29. The molecule has 0 fully saturated rings. The van der Waals surface area contributed by atoms with Gasteiger partial charge in [0.15, 0.2) is 5.78 Å². The Morgan fingerprint density at radius 3 is 2.67 bits per heavy atom. The van der Waals surface area contributed by atoms with E-state index in [4.69, 9.17) is 9.47 Å². The monoisotopic (exact) mass is 419 g/mol. The van der Waals surface area contributed by atoms with Crippen LogP contribution in [0.3, 0.4) is 0 Å². The van der Waals surface area contributed by atoms with E-state index in [0.717, 1.165) is 11.8 Å². The zero-order valence-electron chi connectivity index (χ0n) is 15.9. The number of Topliss-reactive ketones (excluding diaryl/α,β-unsaturated/α-hetero) is 1. The van der Waals surface area contributed by atoms with Crippen LogP contribution in [0.1, 0.15) is 27.0 Å². The van der Waals surface area contributed by atoms with Gasteiger partial charge in [-0.1, -0.05) is 0 Å². The molecule has 0 N–H and O–H groups in total. The highest BCUT2D eigenvalue weighted by molar-refractivity contribution is 6.16. The maximum absolute atomic E-state index is 14.1. The first-order valence-corrected chi connectivity index (χ1v) is 9.16. The Bertz CT molecular complexity index is 1070. The largest absolute Gasteiger partial charge is 0.498 e. The first-order chi connectivity index (χ1) is 14.3. The zero-order chi connectivity index (χ0) is 21.5. The molecule has 1 heterocycles. The highest BCUT2D eigenvalue weighted by Crippen LogP contribution is 2.38. The summed E-state index contributed by atoms with van der Waals surface area (Å²) < 4.78 is 63.6. The third-order valence-electron chi connectivity index (χ3n) is 5.07. The van der Waals surface area contributed by atoms with Crippen LogP contribution >= 0.6 is 0 Å². The first-order valence-electron chi connectivity index (χ1n) is 9.16. The highest BCUT2D eigenvalue weighted by atomic mass is 19.4. The van der Waals surface area contributed by atoms with Crippen LogP contribution in [0, 0.1) is 5.82 Å². The van der Waals surface area contributed by atoms with Gasteiger partial charge in [-0.3, -0.25) is 4.79 Å². The molecule has 0 amide bonds. The molecule has 2 aromatic rings. The molecule has 1 aliphatic carbocycles. The summed E-state index contributed by atoms with van der Waals surface area (Å²) in [4.78, 5) is 14.8. The third-order valence-corrected chi connectivity index (χ3v) is 5.07. The number of carbonyl (C=O) groups is 1. The van der Waals surface area contributed by atoms with Gasteiger partial charge in [0.05, 0.1) is 31.2 Å². The van der Waals surface area contributed by atoms with Crippen molar-refractivity contribution < 1.29 is 31.8 Å². The summed E-state index contributed by atoms with van der Waals surface area (Å²) in [7, 11) is 1.49. The number of ketones is 1. The number of anilines is 1. The summed E-state index contributed by atoms with van der Waals surface area (Å²) in [5.74, 6) is -0.694.